The van der Waals surface area contributed by atoms with Gasteiger partial charge in [-0.25, -0.2) is 4.79 Å². The third kappa shape index (κ3) is 6.48. The Labute approximate surface area is 109 Å². The Morgan fingerprint density at radius 2 is 2.12 bits per heavy atom. The number of alkyl carbamates (subject to hydrolysis) is 1. The van der Waals surface area contributed by atoms with Gasteiger partial charge in [-0.1, -0.05) is 6.58 Å². The van der Waals surface area contributed by atoms with Gasteiger partial charge in [0.25, 0.3) is 0 Å². The van der Waals surface area contributed by atoms with Crippen molar-refractivity contribution >= 4 is 35.5 Å². The Kier molecular flexibility index (Phi) is 6.95. The summed E-state index contributed by atoms with van der Waals surface area (Å²) in [7, 11) is 0. The Balaban J connectivity index is 2.04. The maximum absolute atomic E-state index is 11.3. The van der Waals surface area contributed by atoms with E-state index in [0.717, 1.165) is 16.6 Å². The van der Waals surface area contributed by atoms with Gasteiger partial charge in [-0.2, -0.15) is 0 Å². The van der Waals surface area contributed by atoms with Crippen LogP contribution >= 0.6 is 23.5 Å². The molecule has 96 valence electrons. The largest absolute Gasteiger partial charge is 0.448 e. The molecule has 0 aliphatic carbocycles. The van der Waals surface area contributed by atoms with Gasteiger partial charge in [-0.15, -0.1) is 23.5 Å². The van der Waals surface area contributed by atoms with Crippen LogP contribution in [-0.2, 0) is 9.53 Å². The lowest BCUT2D eigenvalue weighted by molar-refractivity contribution is -0.116. The summed E-state index contributed by atoms with van der Waals surface area (Å²) in [6.07, 6.45) is 0.752. The lowest BCUT2D eigenvalue weighted by Gasteiger charge is -2.21. The van der Waals surface area contributed by atoms with Crippen molar-refractivity contribution < 1.29 is 14.3 Å². The molecule has 1 aliphatic rings. The van der Waals surface area contributed by atoms with Gasteiger partial charge in [0.2, 0.25) is 5.91 Å². The normalized spacial score (nSPS) is 16.0. The zero-order valence-corrected chi connectivity index (χ0v) is 11.1. The number of ether oxygens (including phenoxy) is 1. The molecule has 0 atom stereocenters. The standard InChI is InChI=1S/C10H16N2O3S2/c1-2-9(13)11-3-4-15-10(14)12-8-5-16-7-17-6-8/h2,8H,1,3-7H2,(H,11,13)(H,12,14). The van der Waals surface area contributed by atoms with Gasteiger partial charge in [-0.3, -0.25) is 4.79 Å². The molecule has 1 heterocycles. The summed E-state index contributed by atoms with van der Waals surface area (Å²) in [5.41, 5.74) is 0. The zero-order chi connectivity index (χ0) is 12.5. The molecule has 7 heteroatoms. The van der Waals surface area contributed by atoms with Gasteiger partial charge >= 0.3 is 6.09 Å². The summed E-state index contributed by atoms with van der Waals surface area (Å²) < 4.78 is 4.92. The molecule has 1 aliphatic heterocycles. The molecule has 0 saturated carbocycles. The summed E-state index contributed by atoms with van der Waals surface area (Å²) >= 11 is 3.61. The number of carbonyl (C=O) groups excluding carboxylic acids is 2. The number of thioether (sulfide) groups is 2. The van der Waals surface area contributed by atoms with Crippen molar-refractivity contribution in [3.8, 4) is 0 Å². The first kappa shape index (κ1) is 14.2. The van der Waals surface area contributed by atoms with Crippen LogP contribution in [0.2, 0.25) is 0 Å². The van der Waals surface area contributed by atoms with Crippen LogP contribution in [0.4, 0.5) is 4.79 Å². The van der Waals surface area contributed by atoms with Crippen molar-refractivity contribution in [1.82, 2.24) is 10.6 Å². The van der Waals surface area contributed by atoms with E-state index in [0.29, 0.717) is 6.54 Å². The van der Waals surface area contributed by atoms with Crippen LogP contribution in [-0.4, -0.2) is 47.8 Å². The fourth-order valence-corrected chi connectivity index (χ4v) is 3.53. The molecule has 1 saturated heterocycles. The summed E-state index contributed by atoms with van der Waals surface area (Å²) in [6, 6.07) is 0.175. The summed E-state index contributed by atoms with van der Waals surface area (Å²) in [6.45, 7) is 3.78. The molecule has 1 rings (SSSR count). The fourth-order valence-electron chi connectivity index (χ4n) is 1.17. The van der Waals surface area contributed by atoms with E-state index < -0.39 is 6.09 Å². The summed E-state index contributed by atoms with van der Waals surface area (Å²) in [4.78, 5) is 22.1. The highest BCUT2D eigenvalue weighted by atomic mass is 32.2. The van der Waals surface area contributed by atoms with E-state index in [9.17, 15) is 9.59 Å². The van der Waals surface area contributed by atoms with Crippen molar-refractivity contribution in [3.63, 3.8) is 0 Å². The Bertz CT molecular complexity index is 281. The van der Waals surface area contributed by atoms with E-state index in [1.165, 1.54) is 6.08 Å². The quantitative estimate of drug-likeness (QED) is 0.575. The summed E-state index contributed by atoms with van der Waals surface area (Å²) in [5, 5.41) is 6.39. The van der Waals surface area contributed by atoms with Crippen molar-refractivity contribution in [3.05, 3.63) is 12.7 Å². The van der Waals surface area contributed by atoms with Crippen molar-refractivity contribution in [2.24, 2.45) is 0 Å². The third-order valence-corrected chi connectivity index (χ3v) is 4.56. The molecule has 5 nitrogen and oxygen atoms in total. The fraction of sp³-hybridized carbons (Fsp3) is 0.600. The predicted molar refractivity (Wildman–Crippen MR) is 71.3 cm³/mol. The number of rotatable bonds is 5. The number of amides is 2. The maximum Gasteiger partial charge on any atom is 0.407 e. The minimum atomic E-state index is -0.425. The molecule has 0 bridgehead atoms. The first-order valence-electron chi connectivity index (χ1n) is 5.21. The highest BCUT2D eigenvalue weighted by molar-refractivity contribution is 8.16. The molecule has 0 spiro atoms. The second kappa shape index (κ2) is 8.30. The van der Waals surface area contributed by atoms with E-state index in [1.54, 1.807) is 23.5 Å². The van der Waals surface area contributed by atoms with Gasteiger partial charge in [0.15, 0.2) is 0 Å². The number of nitrogens with one attached hydrogen (secondary N) is 2. The van der Waals surface area contributed by atoms with Crippen LogP contribution in [0.5, 0.6) is 0 Å². The molecular formula is C10H16N2O3S2. The van der Waals surface area contributed by atoms with Crippen molar-refractivity contribution in [2.75, 3.05) is 29.7 Å². The minimum absolute atomic E-state index is 0.165. The maximum atomic E-state index is 11.3. The van der Waals surface area contributed by atoms with Crippen LogP contribution < -0.4 is 10.6 Å². The Morgan fingerprint density at radius 3 is 2.76 bits per heavy atom. The molecule has 2 N–H and O–H groups in total. The van der Waals surface area contributed by atoms with Crippen LogP contribution in [0.1, 0.15) is 0 Å². The number of carbonyl (C=O) groups is 2. The molecule has 0 unspecified atom stereocenters. The highest BCUT2D eigenvalue weighted by Gasteiger charge is 2.16. The first-order chi connectivity index (χ1) is 8.22. The zero-order valence-electron chi connectivity index (χ0n) is 9.44. The van der Waals surface area contributed by atoms with Gasteiger partial charge in [0, 0.05) is 16.6 Å². The second-order valence-corrected chi connectivity index (χ2v) is 5.76. The molecule has 17 heavy (non-hydrogen) atoms. The molecule has 1 fully saturated rings. The average molecular weight is 276 g/mol. The minimum Gasteiger partial charge on any atom is -0.448 e. The van der Waals surface area contributed by atoms with E-state index >= 15 is 0 Å². The average Bonchev–Trinajstić information content (AvgIpc) is 2.35. The Hall–Kier alpha value is -0.820. The van der Waals surface area contributed by atoms with E-state index in [4.69, 9.17) is 4.74 Å². The monoisotopic (exact) mass is 276 g/mol. The van der Waals surface area contributed by atoms with Crippen molar-refractivity contribution in [1.29, 1.82) is 0 Å². The molecule has 0 radical (unpaired) electrons. The van der Waals surface area contributed by atoms with Gasteiger partial charge < -0.3 is 15.4 Å². The number of hydrogen-bond acceptors (Lipinski definition) is 5. The molecule has 2 amide bonds. The SMILES string of the molecule is C=CC(=O)NCCOC(=O)NC1CSCSC1. The molecule has 0 aromatic carbocycles. The summed E-state index contributed by atoms with van der Waals surface area (Å²) in [5.74, 6) is 1.58. The first-order valence-corrected chi connectivity index (χ1v) is 7.52. The molecule has 0 aromatic rings. The smallest absolute Gasteiger partial charge is 0.407 e. The van der Waals surface area contributed by atoms with E-state index in [2.05, 4.69) is 17.2 Å². The predicted octanol–water partition coefficient (Wildman–Crippen LogP) is 0.821. The van der Waals surface area contributed by atoms with E-state index in [1.807, 2.05) is 0 Å². The van der Waals surface area contributed by atoms with Gasteiger partial charge in [0.1, 0.15) is 6.61 Å². The van der Waals surface area contributed by atoms with Crippen molar-refractivity contribution in [2.45, 2.75) is 6.04 Å². The van der Waals surface area contributed by atoms with Crippen LogP contribution in [0.25, 0.3) is 0 Å². The van der Waals surface area contributed by atoms with Crippen LogP contribution in [0.15, 0.2) is 12.7 Å². The van der Waals surface area contributed by atoms with Crippen LogP contribution in [0, 0.1) is 0 Å². The van der Waals surface area contributed by atoms with Crippen LogP contribution in [0.3, 0.4) is 0 Å². The Morgan fingerprint density at radius 1 is 1.41 bits per heavy atom. The number of hydrogen-bond donors (Lipinski definition) is 2. The van der Waals surface area contributed by atoms with Gasteiger partial charge in [-0.05, 0) is 6.08 Å². The lowest BCUT2D eigenvalue weighted by atomic mass is 10.4. The van der Waals surface area contributed by atoms with E-state index in [-0.39, 0.29) is 18.6 Å². The molecule has 0 aromatic heterocycles. The molecular weight excluding hydrogens is 260 g/mol. The second-order valence-electron chi connectivity index (χ2n) is 3.33. The highest BCUT2D eigenvalue weighted by Crippen LogP contribution is 2.21. The third-order valence-electron chi connectivity index (χ3n) is 1.95. The topological polar surface area (TPSA) is 67.4 Å². The lowest BCUT2D eigenvalue weighted by Crippen LogP contribution is -2.41. The van der Waals surface area contributed by atoms with Gasteiger partial charge in [0.05, 0.1) is 12.6 Å².